The Morgan fingerprint density at radius 1 is 0.862 bits per heavy atom. The molecule has 3 aromatic carbocycles. The van der Waals surface area contributed by atoms with Crippen LogP contribution in [0.2, 0.25) is 0 Å². The molecule has 0 fully saturated rings. The van der Waals surface area contributed by atoms with Crippen LogP contribution in [0.1, 0.15) is 5.56 Å². The summed E-state index contributed by atoms with van der Waals surface area (Å²) in [5.74, 6) is -0.609. The van der Waals surface area contributed by atoms with Gasteiger partial charge in [0.15, 0.2) is 11.5 Å². The second kappa shape index (κ2) is 8.48. The molecule has 152 valence electrons. The number of rotatable bonds is 7. The number of nitrogens with zero attached hydrogens (tertiary/aromatic N) is 1. The van der Waals surface area contributed by atoms with E-state index in [9.17, 15) is 17.2 Å². The van der Waals surface area contributed by atoms with Crippen molar-refractivity contribution in [3.63, 3.8) is 0 Å². The minimum absolute atomic E-state index is 0.0723. The molecule has 3 rings (SSSR count). The normalized spacial score (nSPS) is 11.2. The van der Waals surface area contributed by atoms with E-state index in [0.29, 0.717) is 17.1 Å². The summed E-state index contributed by atoms with van der Waals surface area (Å²) in [6.07, 6.45) is 0. The molecule has 0 unspecified atom stereocenters. The van der Waals surface area contributed by atoms with Gasteiger partial charge in [0.2, 0.25) is 0 Å². The quantitative estimate of drug-likeness (QED) is 0.570. The van der Waals surface area contributed by atoms with Crippen LogP contribution < -0.4 is 13.8 Å². The van der Waals surface area contributed by atoms with Gasteiger partial charge in [-0.2, -0.15) is 0 Å². The summed E-state index contributed by atoms with van der Waals surface area (Å²) >= 11 is 0. The van der Waals surface area contributed by atoms with Crippen LogP contribution in [-0.4, -0.2) is 22.6 Å². The molecule has 3 aromatic rings. The van der Waals surface area contributed by atoms with Gasteiger partial charge in [-0.1, -0.05) is 24.3 Å². The largest absolute Gasteiger partial charge is 0.493 e. The molecule has 0 heterocycles. The van der Waals surface area contributed by atoms with Gasteiger partial charge in [-0.25, -0.2) is 17.2 Å². The Bertz CT molecular complexity index is 1120. The molecule has 0 aliphatic heterocycles. The molecule has 0 amide bonds. The SMILES string of the molecule is COc1ccc(CN(c2cccc(F)c2)S(=O)(=O)c2ccccc2F)cc1OC. The van der Waals surface area contributed by atoms with Crippen LogP contribution in [0.4, 0.5) is 14.5 Å². The van der Waals surface area contributed by atoms with Crippen molar-refractivity contribution in [3.05, 3.63) is 83.9 Å². The molecule has 0 radical (unpaired) electrons. The summed E-state index contributed by atoms with van der Waals surface area (Å²) in [7, 11) is -1.37. The maximum atomic E-state index is 14.3. The molecule has 0 aliphatic rings. The number of hydrogen-bond donors (Lipinski definition) is 0. The fourth-order valence-electron chi connectivity index (χ4n) is 2.86. The predicted octanol–water partition coefficient (Wildman–Crippen LogP) is 4.38. The van der Waals surface area contributed by atoms with E-state index in [1.165, 1.54) is 50.6 Å². The topological polar surface area (TPSA) is 55.8 Å². The first-order valence-corrected chi connectivity index (χ1v) is 10.0. The zero-order chi connectivity index (χ0) is 21.0. The maximum absolute atomic E-state index is 14.3. The molecule has 0 atom stereocenters. The zero-order valence-electron chi connectivity index (χ0n) is 15.8. The van der Waals surface area contributed by atoms with Gasteiger partial charge < -0.3 is 9.47 Å². The van der Waals surface area contributed by atoms with Gasteiger partial charge in [0, 0.05) is 0 Å². The zero-order valence-corrected chi connectivity index (χ0v) is 16.6. The molecule has 0 saturated carbocycles. The van der Waals surface area contributed by atoms with Gasteiger partial charge in [0.1, 0.15) is 16.5 Å². The van der Waals surface area contributed by atoms with E-state index in [4.69, 9.17) is 9.47 Å². The fraction of sp³-hybridized carbons (Fsp3) is 0.143. The average Bonchev–Trinajstić information content (AvgIpc) is 2.71. The minimum Gasteiger partial charge on any atom is -0.493 e. The van der Waals surface area contributed by atoms with Crippen LogP contribution in [0.15, 0.2) is 71.6 Å². The third-order valence-electron chi connectivity index (χ3n) is 4.28. The standard InChI is InChI=1S/C21H19F2NO4S/c1-27-19-11-10-15(12-20(19)28-2)14-24(17-7-5-6-16(22)13-17)29(25,26)21-9-4-3-8-18(21)23/h3-13H,14H2,1-2H3. The highest BCUT2D eigenvalue weighted by atomic mass is 32.2. The summed E-state index contributed by atoms with van der Waals surface area (Å²) in [5, 5.41) is 0. The Labute approximate surface area is 168 Å². The second-order valence-electron chi connectivity index (χ2n) is 6.11. The van der Waals surface area contributed by atoms with Crippen molar-refractivity contribution in [2.75, 3.05) is 18.5 Å². The highest BCUT2D eigenvalue weighted by Gasteiger charge is 2.28. The molecule has 8 heteroatoms. The molecule has 0 aliphatic carbocycles. The lowest BCUT2D eigenvalue weighted by atomic mass is 10.2. The monoisotopic (exact) mass is 419 g/mol. The smallest absolute Gasteiger partial charge is 0.267 e. The van der Waals surface area contributed by atoms with E-state index in [2.05, 4.69) is 0 Å². The third-order valence-corrected chi connectivity index (χ3v) is 6.08. The summed E-state index contributed by atoms with van der Waals surface area (Å²) in [6.45, 7) is -0.166. The number of methoxy groups -OCH3 is 2. The van der Waals surface area contributed by atoms with Gasteiger partial charge >= 0.3 is 0 Å². The summed E-state index contributed by atoms with van der Waals surface area (Å²) in [6, 6.07) is 15.1. The summed E-state index contributed by atoms with van der Waals surface area (Å²) in [4.78, 5) is -0.496. The third kappa shape index (κ3) is 4.32. The van der Waals surface area contributed by atoms with Gasteiger partial charge in [-0.05, 0) is 48.0 Å². The van der Waals surface area contributed by atoms with Gasteiger partial charge in [0.25, 0.3) is 10.0 Å². The lowest BCUT2D eigenvalue weighted by Gasteiger charge is -2.25. The minimum atomic E-state index is -4.32. The van der Waals surface area contributed by atoms with Crippen molar-refractivity contribution in [2.24, 2.45) is 0 Å². The molecule has 0 N–H and O–H groups in total. The van der Waals surface area contributed by atoms with Crippen molar-refractivity contribution >= 4 is 15.7 Å². The van der Waals surface area contributed by atoms with Gasteiger partial charge in [0.05, 0.1) is 26.5 Å². The van der Waals surface area contributed by atoms with E-state index >= 15 is 0 Å². The van der Waals surface area contributed by atoms with E-state index in [1.54, 1.807) is 18.2 Å². The number of anilines is 1. The van der Waals surface area contributed by atoms with Crippen LogP contribution in [-0.2, 0) is 16.6 Å². The number of halogens is 2. The molecule has 0 bridgehead atoms. The Hall–Kier alpha value is -3.13. The number of hydrogen-bond acceptors (Lipinski definition) is 4. The lowest BCUT2D eigenvalue weighted by molar-refractivity contribution is 0.354. The molecule has 0 spiro atoms. The van der Waals surface area contributed by atoms with E-state index in [1.807, 2.05) is 0 Å². The molecular weight excluding hydrogens is 400 g/mol. The van der Waals surface area contributed by atoms with E-state index < -0.39 is 26.6 Å². The first kappa shape index (κ1) is 20.6. The first-order chi connectivity index (χ1) is 13.9. The Morgan fingerprint density at radius 2 is 1.59 bits per heavy atom. The van der Waals surface area contributed by atoms with Gasteiger partial charge in [-0.3, -0.25) is 4.31 Å². The van der Waals surface area contributed by atoms with Crippen LogP contribution in [0.25, 0.3) is 0 Å². The van der Waals surface area contributed by atoms with Gasteiger partial charge in [-0.15, -0.1) is 0 Å². The molecule has 0 saturated heterocycles. The molecule has 29 heavy (non-hydrogen) atoms. The van der Waals surface area contributed by atoms with Crippen molar-refractivity contribution < 1.29 is 26.7 Å². The van der Waals surface area contributed by atoms with Crippen LogP contribution in [0, 0.1) is 11.6 Å². The van der Waals surface area contributed by atoms with E-state index in [-0.39, 0.29) is 12.2 Å². The maximum Gasteiger partial charge on any atom is 0.267 e. The number of ether oxygens (including phenoxy) is 2. The predicted molar refractivity (Wildman–Crippen MR) is 106 cm³/mol. The second-order valence-corrected chi connectivity index (χ2v) is 7.94. The van der Waals surface area contributed by atoms with Crippen LogP contribution in [0.3, 0.4) is 0 Å². The number of benzene rings is 3. The van der Waals surface area contributed by atoms with Crippen LogP contribution >= 0.6 is 0 Å². The highest BCUT2D eigenvalue weighted by Crippen LogP contribution is 2.31. The average molecular weight is 419 g/mol. The fourth-order valence-corrected chi connectivity index (χ4v) is 4.38. The Morgan fingerprint density at radius 3 is 2.24 bits per heavy atom. The molecular formula is C21H19F2NO4S. The van der Waals surface area contributed by atoms with Crippen molar-refractivity contribution in [1.82, 2.24) is 0 Å². The molecule has 5 nitrogen and oxygen atoms in total. The summed E-state index contributed by atoms with van der Waals surface area (Å²) < 4.78 is 66.0. The lowest BCUT2D eigenvalue weighted by Crippen LogP contribution is -2.31. The number of sulfonamides is 1. The first-order valence-electron chi connectivity index (χ1n) is 8.60. The van der Waals surface area contributed by atoms with Crippen molar-refractivity contribution in [3.8, 4) is 11.5 Å². The van der Waals surface area contributed by atoms with E-state index in [0.717, 1.165) is 16.4 Å². The highest BCUT2D eigenvalue weighted by molar-refractivity contribution is 7.92. The van der Waals surface area contributed by atoms with Crippen molar-refractivity contribution in [1.29, 1.82) is 0 Å². The Balaban J connectivity index is 2.11. The summed E-state index contributed by atoms with van der Waals surface area (Å²) in [5.41, 5.74) is 0.620. The van der Waals surface area contributed by atoms with Crippen LogP contribution in [0.5, 0.6) is 11.5 Å². The Kier molecular flexibility index (Phi) is 6.03. The molecule has 0 aromatic heterocycles. The van der Waals surface area contributed by atoms with Crippen molar-refractivity contribution in [2.45, 2.75) is 11.4 Å².